The van der Waals surface area contributed by atoms with Gasteiger partial charge in [-0.3, -0.25) is 14.5 Å². The molecule has 8 nitrogen and oxygen atoms in total. The number of carbonyl (C=O) groups is 3. The van der Waals surface area contributed by atoms with Gasteiger partial charge in [-0.05, 0) is 44.1 Å². The van der Waals surface area contributed by atoms with Gasteiger partial charge >= 0.3 is 6.03 Å². The first-order chi connectivity index (χ1) is 13.5. The first-order valence-corrected chi connectivity index (χ1v) is 9.39. The smallest absolute Gasteiger partial charge is 0.325 e. The van der Waals surface area contributed by atoms with Crippen LogP contribution in [0, 0.1) is 6.92 Å². The highest BCUT2D eigenvalue weighted by atomic mass is 16.5. The van der Waals surface area contributed by atoms with Crippen LogP contribution in [0.4, 0.5) is 10.6 Å². The fourth-order valence-electron chi connectivity index (χ4n) is 4.08. The zero-order valence-corrected chi connectivity index (χ0v) is 15.6. The summed E-state index contributed by atoms with van der Waals surface area (Å²) in [5.74, 6) is 0.374. The van der Waals surface area contributed by atoms with Crippen LogP contribution in [-0.2, 0) is 9.59 Å². The Morgan fingerprint density at radius 3 is 2.64 bits per heavy atom. The zero-order valence-electron chi connectivity index (χ0n) is 15.6. The van der Waals surface area contributed by atoms with Crippen molar-refractivity contribution < 1.29 is 18.9 Å². The van der Waals surface area contributed by atoms with Gasteiger partial charge in [-0.15, -0.1) is 0 Å². The molecule has 1 aliphatic carbocycles. The van der Waals surface area contributed by atoms with Crippen molar-refractivity contribution in [1.82, 2.24) is 15.4 Å². The Hall–Kier alpha value is -3.16. The number of carbonyl (C=O) groups excluding carboxylic acids is 3. The van der Waals surface area contributed by atoms with Crippen LogP contribution in [0.5, 0.6) is 0 Å². The molecule has 1 aromatic carbocycles. The van der Waals surface area contributed by atoms with E-state index in [0.717, 1.165) is 17.7 Å². The molecule has 0 unspecified atom stereocenters. The number of aryl methyl sites for hydroxylation is 1. The maximum Gasteiger partial charge on any atom is 0.325 e. The first-order valence-electron chi connectivity index (χ1n) is 9.39. The topological polar surface area (TPSA) is 105 Å². The number of imide groups is 1. The normalized spacial score (nSPS) is 24.5. The van der Waals surface area contributed by atoms with E-state index in [0.29, 0.717) is 24.5 Å². The van der Waals surface area contributed by atoms with Crippen LogP contribution in [-0.4, -0.2) is 40.0 Å². The van der Waals surface area contributed by atoms with E-state index in [4.69, 9.17) is 4.52 Å². The van der Waals surface area contributed by atoms with Crippen molar-refractivity contribution in [2.75, 3.05) is 11.9 Å². The van der Waals surface area contributed by atoms with Crippen molar-refractivity contribution in [2.45, 2.75) is 44.1 Å². The van der Waals surface area contributed by atoms with Gasteiger partial charge in [0.15, 0.2) is 5.82 Å². The molecule has 0 atom stereocenters. The van der Waals surface area contributed by atoms with Crippen molar-refractivity contribution in [2.24, 2.45) is 0 Å². The molecular formula is C20H22N4O4. The summed E-state index contributed by atoms with van der Waals surface area (Å²) in [7, 11) is 0. The molecule has 2 aromatic rings. The van der Waals surface area contributed by atoms with Crippen LogP contribution in [0.25, 0.3) is 0 Å². The molecule has 4 rings (SSSR count). The molecule has 0 radical (unpaired) electrons. The Morgan fingerprint density at radius 2 is 2.00 bits per heavy atom. The average molecular weight is 382 g/mol. The number of nitrogens with zero attached hydrogens (tertiary/aromatic N) is 2. The second-order valence-electron chi connectivity index (χ2n) is 7.46. The highest BCUT2D eigenvalue weighted by molar-refractivity contribution is 6.10. The van der Waals surface area contributed by atoms with Crippen LogP contribution in [0.2, 0.25) is 0 Å². The number of hydrogen-bond acceptors (Lipinski definition) is 5. The minimum absolute atomic E-state index is 0.257. The molecule has 2 heterocycles. The van der Waals surface area contributed by atoms with Crippen molar-refractivity contribution in [3.05, 3.63) is 47.7 Å². The number of aromatic nitrogens is 1. The Morgan fingerprint density at radius 1 is 1.29 bits per heavy atom. The molecule has 2 N–H and O–H groups in total. The molecule has 146 valence electrons. The van der Waals surface area contributed by atoms with Crippen LogP contribution in [0.15, 0.2) is 40.9 Å². The summed E-state index contributed by atoms with van der Waals surface area (Å²) in [4.78, 5) is 38.5. The Kier molecular flexibility index (Phi) is 4.62. The number of amides is 4. The number of rotatable bonds is 4. The van der Waals surface area contributed by atoms with E-state index in [9.17, 15) is 14.4 Å². The van der Waals surface area contributed by atoms with E-state index in [-0.39, 0.29) is 18.3 Å². The molecular weight excluding hydrogens is 360 g/mol. The van der Waals surface area contributed by atoms with Crippen LogP contribution < -0.4 is 10.6 Å². The molecule has 0 bridgehead atoms. The summed E-state index contributed by atoms with van der Waals surface area (Å²) in [5.41, 5.74) is 0.362. The maximum atomic E-state index is 13.0. The molecule has 4 amide bonds. The zero-order chi connectivity index (χ0) is 19.7. The lowest BCUT2D eigenvalue weighted by Gasteiger charge is -2.35. The van der Waals surface area contributed by atoms with Crippen molar-refractivity contribution in [3.63, 3.8) is 0 Å². The molecule has 28 heavy (non-hydrogen) atoms. The highest BCUT2D eigenvalue weighted by Gasteiger charge is 2.52. The van der Waals surface area contributed by atoms with E-state index in [1.165, 1.54) is 5.56 Å². The molecule has 1 saturated carbocycles. The summed E-state index contributed by atoms with van der Waals surface area (Å²) < 4.78 is 4.89. The van der Waals surface area contributed by atoms with Crippen LogP contribution >= 0.6 is 0 Å². The summed E-state index contributed by atoms with van der Waals surface area (Å²) >= 11 is 0. The lowest BCUT2D eigenvalue weighted by atomic mass is 9.74. The number of nitrogens with one attached hydrogen (secondary N) is 2. The SMILES string of the molecule is Cc1cc(NC(=O)CN2C(=O)NC3(CCC(c4ccccc4)CC3)C2=O)no1. The third kappa shape index (κ3) is 3.37. The fourth-order valence-corrected chi connectivity index (χ4v) is 4.08. The van der Waals surface area contributed by atoms with Gasteiger partial charge in [-0.25, -0.2) is 4.79 Å². The van der Waals surface area contributed by atoms with Gasteiger partial charge in [0.2, 0.25) is 5.91 Å². The van der Waals surface area contributed by atoms with E-state index in [2.05, 4.69) is 27.9 Å². The van der Waals surface area contributed by atoms with Gasteiger partial charge in [0.25, 0.3) is 5.91 Å². The lowest BCUT2D eigenvalue weighted by Crippen LogP contribution is -2.49. The van der Waals surface area contributed by atoms with Crippen LogP contribution in [0.1, 0.15) is 42.9 Å². The van der Waals surface area contributed by atoms with Gasteiger partial charge < -0.3 is 15.2 Å². The van der Waals surface area contributed by atoms with Crippen LogP contribution in [0.3, 0.4) is 0 Å². The summed E-state index contributed by atoms with van der Waals surface area (Å²) in [5, 5.41) is 9.05. The predicted octanol–water partition coefficient (Wildman–Crippen LogP) is 2.57. The monoisotopic (exact) mass is 382 g/mol. The van der Waals surface area contributed by atoms with Gasteiger partial charge in [0.1, 0.15) is 17.8 Å². The lowest BCUT2D eigenvalue weighted by molar-refractivity contribution is -0.134. The van der Waals surface area contributed by atoms with Gasteiger partial charge in [-0.1, -0.05) is 35.5 Å². The van der Waals surface area contributed by atoms with E-state index in [1.54, 1.807) is 13.0 Å². The standard InChI is InChI=1S/C20H22N4O4/c1-13-11-16(23-28-13)21-17(25)12-24-18(26)20(22-19(24)27)9-7-15(8-10-20)14-5-3-2-4-6-14/h2-6,11,15H,7-10,12H2,1H3,(H,22,27)(H,21,23,25). The second kappa shape index (κ2) is 7.10. The first kappa shape index (κ1) is 18.2. The molecule has 2 aliphatic rings. The number of benzene rings is 1. The fraction of sp³-hybridized carbons (Fsp3) is 0.400. The van der Waals surface area contributed by atoms with Gasteiger partial charge in [-0.2, -0.15) is 0 Å². The largest absolute Gasteiger partial charge is 0.360 e. The van der Waals surface area contributed by atoms with E-state index >= 15 is 0 Å². The molecule has 8 heteroatoms. The number of hydrogen-bond donors (Lipinski definition) is 2. The molecule has 1 saturated heterocycles. The summed E-state index contributed by atoms with van der Waals surface area (Å²) in [6, 6.07) is 11.3. The maximum absolute atomic E-state index is 13.0. The van der Waals surface area contributed by atoms with Gasteiger partial charge in [0, 0.05) is 6.07 Å². The highest BCUT2D eigenvalue weighted by Crippen LogP contribution is 2.40. The molecule has 1 aromatic heterocycles. The average Bonchev–Trinajstić information content (AvgIpc) is 3.19. The van der Waals surface area contributed by atoms with Crippen molar-refractivity contribution >= 4 is 23.7 Å². The Labute approximate surface area is 162 Å². The Bertz CT molecular complexity index is 900. The van der Waals surface area contributed by atoms with E-state index in [1.807, 2.05) is 18.2 Å². The summed E-state index contributed by atoms with van der Waals surface area (Å²) in [6.07, 6.45) is 2.76. The Balaban J connectivity index is 1.39. The number of urea groups is 1. The second-order valence-corrected chi connectivity index (χ2v) is 7.46. The minimum atomic E-state index is -0.896. The van der Waals surface area contributed by atoms with Crippen molar-refractivity contribution in [3.8, 4) is 0 Å². The van der Waals surface area contributed by atoms with Gasteiger partial charge in [0.05, 0.1) is 0 Å². The predicted molar refractivity (Wildman–Crippen MR) is 100 cm³/mol. The minimum Gasteiger partial charge on any atom is -0.360 e. The molecule has 1 aliphatic heterocycles. The number of anilines is 1. The van der Waals surface area contributed by atoms with Crippen molar-refractivity contribution in [1.29, 1.82) is 0 Å². The molecule has 1 spiro atoms. The quantitative estimate of drug-likeness (QED) is 0.791. The van der Waals surface area contributed by atoms with E-state index < -0.39 is 17.5 Å². The third-order valence-corrected chi connectivity index (χ3v) is 5.55. The molecule has 2 fully saturated rings. The summed E-state index contributed by atoms with van der Waals surface area (Å²) in [6.45, 7) is 1.36. The third-order valence-electron chi connectivity index (χ3n) is 5.55.